The third-order valence-corrected chi connectivity index (χ3v) is 5.13. The van der Waals surface area contributed by atoms with Gasteiger partial charge in [-0.3, -0.25) is 4.79 Å². The maximum absolute atomic E-state index is 12.2. The van der Waals surface area contributed by atoms with Crippen LogP contribution in [0.5, 0.6) is 5.75 Å². The number of halogens is 1. The number of nitrogens with one attached hydrogen (secondary N) is 1. The highest BCUT2D eigenvalue weighted by molar-refractivity contribution is 6.30. The molecule has 0 heterocycles. The Hall–Kier alpha value is -2.00. The minimum absolute atomic E-state index is 0.0342. The van der Waals surface area contributed by atoms with Crippen LogP contribution in [0.1, 0.15) is 55.3 Å². The third-order valence-electron chi connectivity index (χ3n) is 4.88. The van der Waals surface area contributed by atoms with Crippen LogP contribution in [-0.4, -0.2) is 12.5 Å². The average molecular weight is 372 g/mol. The molecule has 4 heteroatoms. The molecule has 2 aromatic carbocycles. The molecular weight excluding hydrogens is 346 g/mol. The number of amides is 1. The van der Waals surface area contributed by atoms with E-state index in [1.165, 1.54) is 36.0 Å². The van der Waals surface area contributed by atoms with Crippen molar-refractivity contribution >= 4 is 17.5 Å². The molecule has 0 fully saturated rings. The lowest BCUT2D eigenvalue weighted by Gasteiger charge is -2.20. The number of aryl methyl sites for hydroxylation is 2. The quantitative estimate of drug-likeness (QED) is 0.674. The second-order valence-corrected chi connectivity index (χ2v) is 7.37. The highest BCUT2D eigenvalue weighted by Gasteiger charge is 2.14. The molecule has 1 N–H and O–H groups in total. The summed E-state index contributed by atoms with van der Waals surface area (Å²) in [5.74, 6) is 0.840. The van der Waals surface area contributed by atoms with Crippen molar-refractivity contribution in [2.45, 2.75) is 51.5 Å². The Morgan fingerprint density at radius 2 is 1.85 bits per heavy atom. The third kappa shape index (κ3) is 5.25. The van der Waals surface area contributed by atoms with E-state index in [0.29, 0.717) is 24.5 Å². The van der Waals surface area contributed by atoms with E-state index in [1.807, 2.05) is 19.1 Å². The maximum atomic E-state index is 12.2. The molecule has 0 bridgehead atoms. The van der Waals surface area contributed by atoms with Crippen LogP contribution in [0.2, 0.25) is 5.02 Å². The number of carbonyl (C=O) groups is 1. The van der Waals surface area contributed by atoms with E-state index < -0.39 is 0 Å². The van der Waals surface area contributed by atoms with Gasteiger partial charge >= 0.3 is 0 Å². The minimum atomic E-state index is 0.0342. The number of fused-ring (bicyclic) bond motifs is 1. The Labute approximate surface area is 160 Å². The SMILES string of the molecule is CC(NC(=O)CCCOc1ccc(Cl)cc1)c1ccc2c(c1)CCCC2. The van der Waals surface area contributed by atoms with Crippen LogP contribution >= 0.6 is 11.6 Å². The van der Waals surface area contributed by atoms with Crippen LogP contribution < -0.4 is 10.1 Å². The van der Waals surface area contributed by atoms with Gasteiger partial charge in [-0.2, -0.15) is 0 Å². The fraction of sp³-hybridized carbons (Fsp3) is 0.409. The summed E-state index contributed by atoms with van der Waals surface area (Å²) in [5, 5.41) is 3.79. The lowest BCUT2D eigenvalue weighted by Crippen LogP contribution is -2.27. The summed E-state index contributed by atoms with van der Waals surface area (Å²) >= 11 is 5.84. The first-order chi connectivity index (χ1) is 12.6. The summed E-state index contributed by atoms with van der Waals surface area (Å²) in [6.07, 6.45) is 6.05. The molecular formula is C22H26ClNO2. The van der Waals surface area contributed by atoms with E-state index in [-0.39, 0.29) is 11.9 Å². The first kappa shape index (κ1) is 18.8. The van der Waals surface area contributed by atoms with Crippen molar-refractivity contribution in [1.29, 1.82) is 0 Å². The zero-order chi connectivity index (χ0) is 18.4. The van der Waals surface area contributed by atoms with E-state index in [2.05, 4.69) is 23.5 Å². The van der Waals surface area contributed by atoms with E-state index in [4.69, 9.17) is 16.3 Å². The summed E-state index contributed by atoms with van der Waals surface area (Å²) in [6.45, 7) is 2.56. The maximum Gasteiger partial charge on any atom is 0.220 e. The van der Waals surface area contributed by atoms with Crippen LogP contribution in [0.15, 0.2) is 42.5 Å². The number of hydrogen-bond acceptors (Lipinski definition) is 2. The number of rotatable bonds is 7. The molecule has 0 spiro atoms. The number of ether oxygens (including phenoxy) is 1. The molecule has 1 atom stereocenters. The van der Waals surface area contributed by atoms with Crippen LogP contribution in [-0.2, 0) is 17.6 Å². The summed E-state index contributed by atoms with van der Waals surface area (Å²) in [6, 6.07) is 13.9. The Morgan fingerprint density at radius 3 is 2.62 bits per heavy atom. The van der Waals surface area contributed by atoms with Gasteiger partial charge in [0.1, 0.15) is 5.75 Å². The zero-order valence-corrected chi connectivity index (χ0v) is 16.0. The number of carbonyl (C=O) groups excluding carboxylic acids is 1. The van der Waals surface area contributed by atoms with Crippen molar-refractivity contribution in [3.63, 3.8) is 0 Å². The van der Waals surface area contributed by atoms with Gasteiger partial charge in [0, 0.05) is 11.4 Å². The van der Waals surface area contributed by atoms with Crippen molar-refractivity contribution in [2.24, 2.45) is 0 Å². The molecule has 0 aromatic heterocycles. The van der Waals surface area contributed by atoms with Crippen LogP contribution in [0.4, 0.5) is 0 Å². The molecule has 0 radical (unpaired) electrons. The molecule has 1 amide bonds. The van der Waals surface area contributed by atoms with Crippen molar-refractivity contribution in [1.82, 2.24) is 5.32 Å². The smallest absolute Gasteiger partial charge is 0.220 e. The highest BCUT2D eigenvalue weighted by atomic mass is 35.5. The van der Waals surface area contributed by atoms with Gasteiger partial charge in [0.2, 0.25) is 5.91 Å². The molecule has 3 nitrogen and oxygen atoms in total. The lowest BCUT2D eigenvalue weighted by molar-refractivity contribution is -0.121. The second kappa shape index (κ2) is 9.09. The van der Waals surface area contributed by atoms with Gasteiger partial charge in [0.25, 0.3) is 0 Å². The van der Waals surface area contributed by atoms with Gasteiger partial charge in [-0.15, -0.1) is 0 Å². The Kier molecular flexibility index (Phi) is 6.56. The Balaban J connectivity index is 1.42. The number of benzene rings is 2. The van der Waals surface area contributed by atoms with E-state index in [1.54, 1.807) is 12.1 Å². The van der Waals surface area contributed by atoms with Crippen molar-refractivity contribution in [3.05, 3.63) is 64.2 Å². The van der Waals surface area contributed by atoms with Crippen LogP contribution in [0.25, 0.3) is 0 Å². The minimum Gasteiger partial charge on any atom is -0.494 e. The molecule has 2 aromatic rings. The van der Waals surface area contributed by atoms with Gasteiger partial charge in [0.15, 0.2) is 0 Å². The summed E-state index contributed by atoms with van der Waals surface area (Å²) < 4.78 is 5.62. The summed E-state index contributed by atoms with van der Waals surface area (Å²) in [7, 11) is 0. The highest BCUT2D eigenvalue weighted by Crippen LogP contribution is 2.24. The zero-order valence-electron chi connectivity index (χ0n) is 15.3. The molecule has 3 rings (SSSR count). The van der Waals surface area contributed by atoms with Crippen molar-refractivity contribution < 1.29 is 9.53 Å². The first-order valence-corrected chi connectivity index (χ1v) is 9.79. The predicted molar refractivity (Wildman–Crippen MR) is 106 cm³/mol. The molecule has 0 saturated carbocycles. The fourth-order valence-corrected chi connectivity index (χ4v) is 3.50. The molecule has 1 aliphatic rings. The average Bonchev–Trinajstić information content (AvgIpc) is 2.66. The molecule has 0 aliphatic heterocycles. The van der Waals surface area contributed by atoms with E-state index in [0.717, 1.165) is 12.2 Å². The van der Waals surface area contributed by atoms with Crippen molar-refractivity contribution in [2.75, 3.05) is 6.61 Å². The molecule has 138 valence electrons. The lowest BCUT2D eigenvalue weighted by atomic mass is 9.89. The van der Waals surface area contributed by atoms with Gasteiger partial charge in [0.05, 0.1) is 12.6 Å². The second-order valence-electron chi connectivity index (χ2n) is 6.93. The molecule has 0 saturated heterocycles. The van der Waals surface area contributed by atoms with Crippen LogP contribution in [0, 0.1) is 0 Å². The molecule has 26 heavy (non-hydrogen) atoms. The number of hydrogen-bond donors (Lipinski definition) is 1. The Morgan fingerprint density at radius 1 is 1.12 bits per heavy atom. The topological polar surface area (TPSA) is 38.3 Å². The van der Waals surface area contributed by atoms with E-state index >= 15 is 0 Å². The normalized spacial score (nSPS) is 14.4. The monoisotopic (exact) mass is 371 g/mol. The van der Waals surface area contributed by atoms with Crippen molar-refractivity contribution in [3.8, 4) is 5.75 Å². The predicted octanol–water partition coefficient (Wildman–Crippen LogP) is 5.26. The van der Waals surface area contributed by atoms with Gasteiger partial charge < -0.3 is 10.1 Å². The summed E-state index contributed by atoms with van der Waals surface area (Å²) in [5.41, 5.74) is 4.11. The summed E-state index contributed by atoms with van der Waals surface area (Å²) in [4.78, 5) is 12.2. The standard InChI is InChI=1S/C22H26ClNO2/c1-16(18-9-8-17-5-2-3-6-19(17)15-18)24-22(25)7-4-14-26-21-12-10-20(23)11-13-21/h8-13,15-16H,2-7,14H2,1H3,(H,24,25). The Bertz CT molecular complexity index is 742. The van der Waals surface area contributed by atoms with Gasteiger partial charge in [-0.1, -0.05) is 29.8 Å². The van der Waals surface area contributed by atoms with E-state index in [9.17, 15) is 4.79 Å². The molecule has 1 aliphatic carbocycles. The molecule has 1 unspecified atom stereocenters. The van der Waals surface area contributed by atoms with Gasteiger partial charge in [-0.25, -0.2) is 0 Å². The fourth-order valence-electron chi connectivity index (χ4n) is 3.37. The first-order valence-electron chi connectivity index (χ1n) is 9.41. The largest absolute Gasteiger partial charge is 0.494 e. The van der Waals surface area contributed by atoms with Crippen LogP contribution in [0.3, 0.4) is 0 Å². The van der Waals surface area contributed by atoms with Gasteiger partial charge in [-0.05, 0) is 80.0 Å².